The van der Waals surface area contributed by atoms with Crippen LogP contribution in [0.25, 0.3) is 12.2 Å². The van der Waals surface area contributed by atoms with Crippen molar-refractivity contribution in [2.75, 3.05) is 0 Å². The molecule has 0 saturated heterocycles. The monoisotopic (exact) mass is 338 g/mol. The molecular weight excluding hydrogens is 312 g/mol. The first kappa shape index (κ1) is 17.9. The molecule has 3 rings (SSSR count). The standard InChI is InChI=1S/C26H26/c1-21-11-15-24(16-12-21)17-20-25(26-18-13-22(2)14-19-26)10-6-9-23-7-4-3-5-8-23/h3-9,11-20,25H,10H2,1-2H3/b9-6+,20-17+. The zero-order chi connectivity index (χ0) is 18.2. The number of hydrogen-bond acceptors (Lipinski definition) is 0. The molecule has 26 heavy (non-hydrogen) atoms. The molecule has 0 fully saturated rings. The Morgan fingerprint density at radius 3 is 1.88 bits per heavy atom. The quantitative estimate of drug-likeness (QED) is 0.445. The van der Waals surface area contributed by atoms with Gasteiger partial charge in [-0.1, -0.05) is 114 Å². The molecule has 0 aromatic heterocycles. The highest BCUT2D eigenvalue weighted by Gasteiger charge is 2.06. The summed E-state index contributed by atoms with van der Waals surface area (Å²) < 4.78 is 0. The van der Waals surface area contributed by atoms with Crippen LogP contribution in [0, 0.1) is 13.8 Å². The van der Waals surface area contributed by atoms with Gasteiger partial charge in [-0.15, -0.1) is 0 Å². The lowest BCUT2D eigenvalue weighted by molar-refractivity contribution is 0.869. The summed E-state index contributed by atoms with van der Waals surface area (Å²) in [6.45, 7) is 4.26. The minimum absolute atomic E-state index is 0.372. The zero-order valence-electron chi connectivity index (χ0n) is 15.6. The Morgan fingerprint density at radius 2 is 1.23 bits per heavy atom. The molecule has 130 valence electrons. The molecule has 0 aliphatic carbocycles. The van der Waals surface area contributed by atoms with Gasteiger partial charge in [0.15, 0.2) is 0 Å². The van der Waals surface area contributed by atoms with Gasteiger partial charge in [0, 0.05) is 5.92 Å². The lowest BCUT2D eigenvalue weighted by Crippen LogP contribution is -1.94. The van der Waals surface area contributed by atoms with Gasteiger partial charge in [-0.2, -0.15) is 0 Å². The number of benzene rings is 3. The van der Waals surface area contributed by atoms with Gasteiger partial charge in [0.05, 0.1) is 0 Å². The fraction of sp³-hybridized carbons (Fsp3) is 0.154. The fourth-order valence-electron chi connectivity index (χ4n) is 2.96. The van der Waals surface area contributed by atoms with Crippen molar-refractivity contribution in [1.29, 1.82) is 0 Å². The third-order valence-electron chi connectivity index (χ3n) is 4.60. The third kappa shape index (κ3) is 5.32. The van der Waals surface area contributed by atoms with Gasteiger partial charge in [0.1, 0.15) is 0 Å². The smallest absolute Gasteiger partial charge is 0.00559 e. The normalized spacial score (nSPS) is 12.7. The van der Waals surface area contributed by atoms with Crippen molar-refractivity contribution in [3.8, 4) is 0 Å². The molecule has 3 aromatic carbocycles. The topological polar surface area (TPSA) is 0 Å². The first-order chi connectivity index (χ1) is 12.7. The number of allylic oxidation sites excluding steroid dienone is 2. The van der Waals surface area contributed by atoms with Crippen molar-refractivity contribution in [3.63, 3.8) is 0 Å². The third-order valence-corrected chi connectivity index (χ3v) is 4.60. The van der Waals surface area contributed by atoms with Crippen molar-refractivity contribution >= 4 is 12.2 Å². The SMILES string of the molecule is Cc1ccc(/C=C/C(C/C=C/c2ccccc2)c2ccc(C)cc2)cc1. The lowest BCUT2D eigenvalue weighted by Gasteiger charge is -2.12. The largest absolute Gasteiger partial charge is 0.0830 e. The van der Waals surface area contributed by atoms with Gasteiger partial charge in [0.25, 0.3) is 0 Å². The van der Waals surface area contributed by atoms with Crippen LogP contribution in [0.4, 0.5) is 0 Å². The lowest BCUT2D eigenvalue weighted by atomic mass is 9.93. The molecule has 0 aliphatic heterocycles. The van der Waals surface area contributed by atoms with E-state index in [1.807, 2.05) is 0 Å². The van der Waals surface area contributed by atoms with Crippen LogP contribution in [-0.2, 0) is 0 Å². The summed E-state index contributed by atoms with van der Waals surface area (Å²) in [5.74, 6) is 0.372. The molecule has 0 aliphatic rings. The maximum absolute atomic E-state index is 2.32. The van der Waals surface area contributed by atoms with Crippen LogP contribution in [-0.4, -0.2) is 0 Å². The predicted octanol–water partition coefficient (Wildman–Crippen LogP) is 7.20. The summed E-state index contributed by atoms with van der Waals surface area (Å²) >= 11 is 0. The molecule has 0 spiro atoms. The minimum atomic E-state index is 0.372. The van der Waals surface area contributed by atoms with E-state index in [4.69, 9.17) is 0 Å². The Morgan fingerprint density at radius 1 is 0.654 bits per heavy atom. The molecule has 0 amide bonds. The summed E-state index contributed by atoms with van der Waals surface area (Å²) in [5.41, 5.74) is 6.45. The molecule has 0 radical (unpaired) electrons. The second-order valence-electron chi connectivity index (χ2n) is 6.84. The van der Waals surface area contributed by atoms with E-state index in [2.05, 4.69) is 117 Å². The molecule has 0 N–H and O–H groups in total. The van der Waals surface area contributed by atoms with Gasteiger partial charge >= 0.3 is 0 Å². The van der Waals surface area contributed by atoms with Gasteiger partial charge < -0.3 is 0 Å². The van der Waals surface area contributed by atoms with Crippen molar-refractivity contribution < 1.29 is 0 Å². The maximum Gasteiger partial charge on any atom is 0.00559 e. The van der Waals surface area contributed by atoms with Crippen molar-refractivity contribution in [2.45, 2.75) is 26.2 Å². The average molecular weight is 338 g/mol. The van der Waals surface area contributed by atoms with E-state index >= 15 is 0 Å². The van der Waals surface area contributed by atoms with E-state index in [-0.39, 0.29) is 0 Å². The predicted molar refractivity (Wildman–Crippen MR) is 114 cm³/mol. The molecule has 0 nitrogen and oxygen atoms in total. The van der Waals surface area contributed by atoms with Crippen LogP contribution in [0.3, 0.4) is 0 Å². The van der Waals surface area contributed by atoms with Crippen molar-refractivity contribution in [1.82, 2.24) is 0 Å². The van der Waals surface area contributed by atoms with Crippen LogP contribution < -0.4 is 0 Å². The molecule has 0 saturated carbocycles. The van der Waals surface area contributed by atoms with Crippen LogP contribution >= 0.6 is 0 Å². The highest BCUT2D eigenvalue weighted by Crippen LogP contribution is 2.24. The second kappa shape index (κ2) is 9.01. The van der Waals surface area contributed by atoms with E-state index in [0.29, 0.717) is 5.92 Å². The Hall–Kier alpha value is -2.86. The Kier molecular flexibility index (Phi) is 6.22. The summed E-state index contributed by atoms with van der Waals surface area (Å²) in [6, 6.07) is 28.1. The molecular formula is C26H26. The van der Waals surface area contributed by atoms with Gasteiger partial charge in [0.2, 0.25) is 0 Å². The minimum Gasteiger partial charge on any atom is -0.0830 e. The number of rotatable bonds is 6. The maximum atomic E-state index is 2.32. The molecule has 3 aromatic rings. The van der Waals surface area contributed by atoms with E-state index in [9.17, 15) is 0 Å². The summed E-state index contributed by atoms with van der Waals surface area (Å²) in [4.78, 5) is 0. The van der Waals surface area contributed by atoms with Crippen LogP contribution in [0.15, 0.2) is 91.0 Å². The fourth-order valence-corrected chi connectivity index (χ4v) is 2.96. The van der Waals surface area contributed by atoms with Crippen LogP contribution in [0.5, 0.6) is 0 Å². The Balaban J connectivity index is 1.78. The van der Waals surface area contributed by atoms with Crippen molar-refractivity contribution in [2.24, 2.45) is 0 Å². The van der Waals surface area contributed by atoms with Crippen molar-refractivity contribution in [3.05, 3.63) is 119 Å². The van der Waals surface area contributed by atoms with E-state index in [0.717, 1.165) is 6.42 Å². The van der Waals surface area contributed by atoms with E-state index < -0.39 is 0 Å². The number of aryl methyl sites for hydroxylation is 2. The molecule has 0 heterocycles. The summed E-state index contributed by atoms with van der Waals surface area (Å²) in [5, 5.41) is 0. The average Bonchev–Trinajstić information content (AvgIpc) is 2.67. The van der Waals surface area contributed by atoms with Gasteiger partial charge in [-0.3, -0.25) is 0 Å². The highest BCUT2D eigenvalue weighted by atomic mass is 14.1. The molecule has 1 atom stereocenters. The molecule has 0 bridgehead atoms. The Labute approximate surface area is 157 Å². The Bertz CT molecular complexity index is 850. The summed E-state index contributed by atoms with van der Waals surface area (Å²) in [7, 11) is 0. The van der Waals surface area contributed by atoms with E-state index in [1.165, 1.54) is 27.8 Å². The first-order valence-electron chi connectivity index (χ1n) is 9.24. The van der Waals surface area contributed by atoms with Crippen LogP contribution in [0.1, 0.15) is 40.2 Å². The van der Waals surface area contributed by atoms with Gasteiger partial charge in [-0.25, -0.2) is 0 Å². The first-order valence-corrected chi connectivity index (χ1v) is 9.24. The highest BCUT2D eigenvalue weighted by molar-refractivity contribution is 5.52. The van der Waals surface area contributed by atoms with Crippen LogP contribution in [0.2, 0.25) is 0 Å². The second-order valence-corrected chi connectivity index (χ2v) is 6.84. The zero-order valence-corrected chi connectivity index (χ0v) is 15.6. The van der Waals surface area contributed by atoms with E-state index in [1.54, 1.807) is 0 Å². The van der Waals surface area contributed by atoms with Gasteiger partial charge in [-0.05, 0) is 37.0 Å². The number of hydrogen-bond donors (Lipinski definition) is 0. The summed E-state index contributed by atoms with van der Waals surface area (Å²) in [6.07, 6.45) is 10.0. The molecule has 0 heteroatoms. The molecule has 1 unspecified atom stereocenters.